The minimum absolute atomic E-state index is 0.123. The molecule has 6 nitrogen and oxygen atoms in total. The highest BCUT2D eigenvalue weighted by Crippen LogP contribution is 2.25. The maximum atomic E-state index is 13.0. The largest absolute Gasteiger partial charge is 0.368 e. The van der Waals surface area contributed by atoms with Crippen molar-refractivity contribution in [1.82, 2.24) is 5.32 Å². The van der Waals surface area contributed by atoms with Gasteiger partial charge in [-0.05, 0) is 44.5 Å². The molecule has 3 N–H and O–H groups in total. The summed E-state index contributed by atoms with van der Waals surface area (Å²) >= 11 is 0. The molecule has 2 amide bonds. The Hall–Kier alpha value is -2.44. The number of hydrogen-bond donors (Lipinski definition) is 2. The first-order valence-electron chi connectivity index (χ1n) is 7.47. The zero-order valence-corrected chi connectivity index (χ0v) is 13.5. The van der Waals surface area contributed by atoms with Crippen molar-refractivity contribution in [3.8, 4) is 0 Å². The molecule has 1 aromatic carbocycles. The Labute approximate surface area is 134 Å². The van der Waals surface area contributed by atoms with Crippen LogP contribution in [0.4, 0.5) is 10.1 Å². The Morgan fingerprint density at radius 3 is 2.52 bits per heavy atom. The van der Waals surface area contributed by atoms with Crippen molar-refractivity contribution in [2.75, 3.05) is 5.01 Å². The quantitative estimate of drug-likeness (QED) is 0.863. The molecule has 0 aliphatic carbocycles. The van der Waals surface area contributed by atoms with Crippen LogP contribution in [-0.4, -0.2) is 29.1 Å². The highest BCUT2D eigenvalue weighted by molar-refractivity contribution is 6.40. The molecular formula is C16H21FN4O2. The second-order valence-corrected chi connectivity index (χ2v) is 6.18. The van der Waals surface area contributed by atoms with Gasteiger partial charge in [-0.15, -0.1) is 0 Å². The van der Waals surface area contributed by atoms with E-state index in [0.717, 1.165) is 6.42 Å². The van der Waals surface area contributed by atoms with E-state index in [9.17, 15) is 14.0 Å². The average molecular weight is 320 g/mol. The molecule has 2 rings (SSSR count). The number of carbonyl (C=O) groups excluding carboxylic acids is 2. The number of halogens is 1. The van der Waals surface area contributed by atoms with E-state index in [1.54, 1.807) is 0 Å². The molecular weight excluding hydrogens is 299 g/mol. The molecule has 124 valence electrons. The highest BCUT2D eigenvalue weighted by Gasteiger charge is 2.36. The maximum Gasteiger partial charge on any atom is 0.267 e. The van der Waals surface area contributed by atoms with E-state index < -0.39 is 17.8 Å². The zero-order valence-electron chi connectivity index (χ0n) is 13.5. The molecule has 1 unspecified atom stereocenters. The third-order valence-electron chi connectivity index (χ3n) is 3.93. The zero-order chi connectivity index (χ0) is 17.2. The lowest BCUT2D eigenvalue weighted by atomic mass is 10.0. The summed E-state index contributed by atoms with van der Waals surface area (Å²) in [7, 11) is 0. The predicted molar refractivity (Wildman–Crippen MR) is 86.4 cm³/mol. The van der Waals surface area contributed by atoms with Crippen LogP contribution in [0.5, 0.6) is 0 Å². The topological polar surface area (TPSA) is 87.8 Å². The third kappa shape index (κ3) is 3.85. The van der Waals surface area contributed by atoms with Crippen LogP contribution in [0.25, 0.3) is 0 Å². The van der Waals surface area contributed by atoms with Gasteiger partial charge in [0.05, 0.1) is 5.69 Å². The van der Waals surface area contributed by atoms with Gasteiger partial charge in [-0.2, -0.15) is 5.10 Å². The molecule has 0 fully saturated rings. The maximum absolute atomic E-state index is 13.0. The van der Waals surface area contributed by atoms with Crippen molar-refractivity contribution >= 4 is 23.2 Å². The fourth-order valence-corrected chi connectivity index (χ4v) is 2.17. The van der Waals surface area contributed by atoms with Gasteiger partial charge in [-0.25, -0.2) is 4.39 Å². The van der Waals surface area contributed by atoms with Crippen molar-refractivity contribution in [2.24, 2.45) is 10.8 Å². The van der Waals surface area contributed by atoms with Gasteiger partial charge in [0.2, 0.25) is 5.91 Å². The van der Waals surface area contributed by atoms with Crippen LogP contribution in [-0.2, 0) is 9.59 Å². The number of primary amides is 1. The van der Waals surface area contributed by atoms with E-state index >= 15 is 0 Å². The molecule has 1 atom stereocenters. The number of nitrogens with one attached hydrogen (secondary N) is 1. The molecule has 0 bridgehead atoms. The van der Waals surface area contributed by atoms with Gasteiger partial charge in [-0.1, -0.05) is 6.92 Å². The second kappa shape index (κ2) is 6.36. The molecule has 0 saturated carbocycles. The number of nitrogens with zero attached hydrogens (tertiary/aromatic N) is 2. The van der Waals surface area contributed by atoms with Crippen molar-refractivity contribution in [3.05, 3.63) is 30.1 Å². The molecule has 1 aliphatic heterocycles. The molecule has 1 aromatic rings. The van der Waals surface area contributed by atoms with Crippen molar-refractivity contribution in [3.63, 3.8) is 0 Å². The summed E-state index contributed by atoms with van der Waals surface area (Å²) in [4.78, 5) is 24.0. The summed E-state index contributed by atoms with van der Waals surface area (Å²) in [5, 5.41) is 8.47. The number of hydrazone groups is 1. The lowest BCUT2D eigenvalue weighted by molar-refractivity contribution is -0.119. The first-order valence-corrected chi connectivity index (χ1v) is 7.47. The summed E-state index contributed by atoms with van der Waals surface area (Å²) in [5.74, 6) is -1.31. The van der Waals surface area contributed by atoms with E-state index in [1.807, 2.05) is 20.8 Å². The average Bonchev–Trinajstić information content (AvgIpc) is 2.93. The van der Waals surface area contributed by atoms with Crippen LogP contribution < -0.4 is 16.1 Å². The van der Waals surface area contributed by atoms with Crippen LogP contribution in [0.15, 0.2) is 29.4 Å². The van der Waals surface area contributed by atoms with E-state index in [0.29, 0.717) is 5.69 Å². The fraction of sp³-hybridized carbons (Fsp3) is 0.438. The minimum atomic E-state index is -0.758. The second-order valence-electron chi connectivity index (χ2n) is 6.18. The first-order chi connectivity index (χ1) is 10.7. The van der Waals surface area contributed by atoms with Gasteiger partial charge in [-0.3, -0.25) is 14.6 Å². The van der Waals surface area contributed by atoms with E-state index in [4.69, 9.17) is 5.73 Å². The monoisotopic (exact) mass is 320 g/mol. The molecule has 0 spiro atoms. The summed E-state index contributed by atoms with van der Waals surface area (Å²) in [6.07, 6.45) is 0.880. The molecule has 0 aromatic heterocycles. The number of anilines is 1. The number of nitrogens with two attached hydrogens (primary N) is 1. The summed E-state index contributed by atoms with van der Waals surface area (Å²) < 4.78 is 13.0. The Morgan fingerprint density at radius 2 is 2.00 bits per heavy atom. The first kappa shape index (κ1) is 16.9. The van der Waals surface area contributed by atoms with E-state index in [-0.39, 0.29) is 23.6 Å². The summed E-state index contributed by atoms with van der Waals surface area (Å²) in [6.45, 7) is 5.78. The third-order valence-corrected chi connectivity index (χ3v) is 3.93. The van der Waals surface area contributed by atoms with Gasteiger partial charge in [0, 0.05) is 12.0 Å². The van der Waals surface area contributed by atoms with Gasteiger partial charge in [0.15, 0.2) is 0 Å². The smallest absolute Gasteiger partial charge is 0.267 e. The Bertz CT molecular complexity index is 640. The number of benzene rings is 1. The molecule has 1 aliphatic rings. The van der Waals surface area contributed by atoms with E-state index in [2.05, 4.69) is 10.4 Å². The van der Waals surface area contributed by atoms with Crippen molar-refractivity contribution in [1.29, 1.82) is 0 Å². The van der Waals surface area contributed by atoms with E-state index in [1.165, 1.54) is 29.3 Å². The summed E-state index contributed by atoms with van der Waals surface area (Å²) in [6, 6.07) is 4.76. The molecule has 0 radical (unpaired) electrons. The SMILES string of the molecule is CCC(C)(C)NC(=O)C1=NN(c2ccc(F)cc2)C(C(N)=O)C1. The lowest BCUT2D eigenvalue weighted by Gasteiger charge is -2.24. The van der Waals surface area contributed by atoms with Gasteiger partial charge in [0.25, 0.3) is 5.91 Å². The Kier molecular flexibility index (Phi) is 4.68. The Morgan fingerprint density at radius 1 is 1.39 bits per heavy atom. The fourth-order valence-electron chi connectivity index (χ4n) is 2.17. The molecule has 1 heterocycles. The highest BCUT2D eigenvalue weighted by atomic mass is 19.1. The molecule has 7 heteroatoms. The molecule has 23 heavy (non-hydrogen) atoms. The number of hydrogen-bond acceptors (Lipinski definition) is 4. The standard InChI is InChI=1S/C16H21FN4O2/c1-4-16(2,3)19-15(23)12-9-13(14(18)22)21(20-12)11-7-5-10(17)6-8-11/h5-8,13H,4,9H2,1-3H3,(H2,18,22)(H,19,23). The van der Waals surface area contributed by atoms with Crippen molar-refractivity contribution in [2.45, 2.75) is 45.2 Å². The van der Waals surface area contributed by atoms with Crippen LogP contribution in [0.1, 0.15) is 33.6 Å². The Balaban J connectivity index is 2.25. The van der Waals surface area contributed by atoms with Crippen molar-refractivity contribution < 1.29 is 14.0 Å². The number of carbonyl (C=O) groups is 2. The number of amides is 2. The summed E-state index contributed by atoms with van der Waals surface area (Å²) in [5.41, 5.74) is 5.78. The van der Waals surface area contributed by atoms with Crippen LogP contribution in [0.2, 0.25) is 0 Å². The van der Waals surface area contributed by atoms with Gasteiger partial charge < -0.3 is 11.1 Å². The van der Waals surface area contributed by atoms with Gasteiger partial charge >= 0.3 is 0 Å². The van der Waals surface area contributed by atoms with Gasteiger partial charge in [0.1, 0.15) is 17.6 Å². The lowest BCUT2D eigenvalue weighted by Crippen LogP contribution is -2.46. The minimum Gasteiger partial charge on any atom is -0.368 e. The normalized spacial score (nSPS) is 17.8. The van der Waals surface area contributed by atoms with Crippen LogP contribution >= 0.6 is 0 Å². The molecule has 0 saturated heterocycles. The predicted octanol–water partition coefficient (Wildman–Crippen LogP) is 1.55. The van der Waals surface area contributed by atoms with Crippen LogP contribution in [0.3, 0.4) is 0 Å². The van der Waals surface area contributed by atoms with Crippen LogP contribution in [0, 0.1) is 5.82 Å². The number of rotatable bonds is 5.